The number of hydrogen-bond donors (Lipinski definition) is 0. The van der Waals surface area contributed by atoms with Crippen LogP contribution in [0.4, 0.5) is 5.13 Å². The molecule has 0 aliphatic carbocycles. The molecule has 1 saturated heterocycles. The molecule has 32 heavy (non-hydrogen) atoms. The first-order chi connectivity index (χ1) is 15.6. The number of ether oxygens (including phenoxy) is 1. The van der Waals surface area contributed by atoms with Gasteiger partial charge in [-0.05, 0) is 67.4 Å². The normalized spacial score (nSPS) is 14.1. The van der Waals surface area contributed by atoms with Crippen LogP contribution in [0.5, 0.6) is 11.5 Å². The van der Waals surface area contributed by atoms with Crippen LogP contribution in [0.15, 0.2) is 66.7 Å². The predicted molar refractivity (Wildman–Crippen MR) is 130 cm³/mol. The Morgan fingerprint density at radius 1 is 0.875 bits per heavy atom. The molecule has 3 aromatic carbocycles. The van der Waals surface area contributed by atoms with E-state index < -0.39 is 0 Å². The second-order valence-corrected chi connectivity index (χ2v) is 9.08. The molecule has 1 fully saturated rings. The molecule has 0 atom stereocenters. The van der Waals surface area contributed by atoms with Crippen molar-refractivity contribution in [1.29, 1.82) is 0 Å². The molecule has 0 saturated carbocycles. The number of piperazine rings is 1. The van der Waals surface area contributed by atoms with Crippen molar-refractivity contribution < 1.29 is 9.53 Å². The highest BCUT2D eigenvalue weighted by atomic mass is 32.1. The van der Waals surface area contributed by atoms with Gasteiger partial charge in [0.05, 0.1) is 10.2 Å². The topological polar surface area (TPSA) is 45.7 Å². The third-order valence-corrected chi connectivity index (χ3v) is 7.07. The number of aryl methyl sites for hydroxylation is 2. The van der Waals surface area contributed by atoms with Crippen LogP contribution in [-0.4, -0.2) is 42.0 Å². The van der Waals surface area contributed by atoms with Crippen LogP contribution in [0.2, 0.25) is 0 Å². The van der Waals surface area contributed by atoms with Gasteiger partial charge in [-0.1, -0.05) is 35.6 Å². The van der Waals surface area contributed by atoms with Crippen LogP contribution in [0.3, 0.4) is 0 Å². The van der Waals surface area contributed by atoms with Crippen LogP contribution in [0, 0.1) is 13.8 Å². The van der Waals surface area contributed by atoms with E-state index in [2.05, 4.69) is 30.9 Å². The summed E-state index contributed by atoms with van der Waals surface area (Å²) < 4.78 is 7.05. The summed E-state index contributed by atoms with van der Waals surface area (Å²) in [5, 5.41) is 1.04. The third kappa shape index (κ3) is 4.06. The summed E-state index contributed by atoms with van der Waals surface area (Å²) in [4.78, 5) is 22.1. The number of rotatable bonds is 4. The van der Waals surface area contributed by atoms with Crippen molar-refractivity contribution in [3.8, 4) is 11.5 Å². The standard InChI is InChI=1S/C26H25N3O2S/c1-18-8-13-23-24(19(18)2)27-26(32-23)29-16-14-28(15-17-29)25(30)20-9-11-22(12-10-20)31-21-6-4-3-5-7-21/h3-13H,14-17H2,1-2H3. The number of anilines is 1. The van der Waals surface area contributed by atoms with Gasteiger partial charge in [0.1, 0.15) is 11.5 Å². The lowest BCUT2D eigenvalue weighted by atomic mass is 10.1. The second-order valence-electron chi connectivity index (χ2n) is 8.07. The third-order valence-electron chi connectivity index (χ3n) is 5.99. The average molecular weight is 444 g/mol. The van der Waals surface area contributed by atoms with Crippen molar-refractivity contribution in [2.45, 2.75) is 13.8 Å². The van der Waals surface area contributed by atoms with Gasteiger partial charge in [-0.25, -0.2) is 4.98 Å². The Morgan fingerprint density at radius 3 is 2.28 bits per heavy atom. The minimum Gasteiger partial charge on any atom is -0.457 e. The summed E-state index contributed by atoms with van der Waals surface area (Å²) in [6, 6.07) is 21.3. The summed E-state index contributed by atoms with van der Waals surface area (Å²) in [6.45, 7) is 7.22. The first-order valence-electron chi connectivity index (χ1n) is 10.8. The van der Waals surface area contributed by atoms with E-state index in [4.69, 9.17) is 9.72 Å². The number of hydrogen-bond acceptors (Lipinski definition) is 5. The van der Waals surface area contributed by atoms with E-state index in [0.29, 0.717) is 18.7 Å². The molecular formula is C26H25N3O2S. The van der Waals surface area contributed by atoms with Crippen molar-refractivity contribution in [3.63, 3.8) is 0 Å². The molecule has 2 heterocycles. The van der Waals surface area contributed by atoms with E-state index in [-0.39, 0.29) is 5.91 Å². The van der Waals surface area contributed by atoms with Crippen molar-refractivity contribution in [2.75, 3.05) is 31.1 Å². The van der Waals surface area contributed by atoms with Gasteiger partial charge < -0.3 is 14.5 Å². The molecule has 0 spiro atoms. The monoisotopic (exact) mass is 443 g/mol. The minimum atomic E-state index is 0.0617. The summed E-state index contributed by atoms with van der Waals surface area (Å²) in [6.07, 6.45) is 0. The minimum absolute atomic E-state index is 0.0617. The Balaban J connectivity index is 1.22. The number of nitrogens with zero attached hydrogens (tertiary/aromatic N) is 3. The Hall–Kier alpha value is -3.38. The Kier molecular flexibility index (Phi) is 5.53. The van der Waals surface area contributed by atoms with E-state index in [1.165, 1.54) is 15.8 Å². The van der Waals surface area contributed by atoms with Gasteiger partial charge in [0.25, 0.3) is 5.91 Å². The van der Waals surface area contributed by atoms with Crippen LogP contribution < -0.4 is 9.64 Å². The molecular weight excluding hydrogens is 418 g/mol. The molecule has 5 rings (SSSR count). The maximum absolute atomic E-state index is 13.0. The van der Waals surface area contributed by atoms with Crippen molar-refractivity contribution in [2.24, 2.45) is 0 Å². The van der Waals surface area contributed by atoms with E-state index in [0.717, 1.165) is 35.2 Å². The fourth-order valence-corrected chi connectivity index (χ4v) is 5.00. The van der Waals surface area contributed by atoms with Crippen molar-refractivity contribution in [3.05, 3.63) is 83.4 Å². The first-order valence-corrected chi connectivity index (χ1v) is 11.6. The molecule has 0 unspecified atom stereocenters. The fourth-order valence-electron chi connectivity index (χ4n) is 3.92. The van der Waals surface area contributed by atoms with E-state index in [9.17, 15) is 4.79 Å². The fraction of sp³-hybridized carbons (Fsp3) is 0.231. The molecule has 1 aromatic heterocycles. The maximum atomic E-state index is 13.0. The highest BCUT2D eigenvalue weighted by molar-refractivity contribution is 7.22. The van der Waals surface area contributed by atoms with Gasteiger partial charge in [-0.3, -0.25) is 4.79 Å². The molecule has 1 aliphatic rings. The Labute approximate surface area is 191 Å². The van der Waals surface area contributed by atoms with Gasteiger partial charge in [0.2, 0.25) is 0 Å². The van der Waals surface area contributed by atoms with Crippen LogP contribution >= 0.6 is 11.3 Å². The molecule has 162 valence electrons. The van der Waals surface area contributed by atoms with Crippen LogP contribution in [0.25, 0.3) is 10.2 Å². The SMILES string of the molecule is Cc1ccc2sc(N3CCN(C(=O)c4ccc(Oc5ccccc5)cc4)CC3)nc2c1C. The number of carbonyl (C=O) groups excluding carboxylic acids is 1. The number of benzene rings is 3. The lowest BCUT2D eigenvalue weighted by Crippen LogP contribution is -2.48. The summed E-state index contributed by atoms with van der Waals surface area (Å²) in [5.74, 6) is 1.56. The number of thiazole rings is 1. The number of aromatic nitrogens is 1. The van der Waals surface area contributed by atoms with E-state index >= 15 is 0 Å². The molecule has 0 bridgehead atoms. The zero-order chi connectivity index (χ0) is 22.1. The zero-order valence-electron chi connectivity index (χ0n) is 18.2. The van der Waals surface area contributed by atoms with E-state index in [1.54, 1.807) is 11.3 Å². The summed E-state index contributed by atoms with van der Waals surface area (Å²) in [7, 11) is 0. The van der Waals surface area contributed by atoms with Gasteiger partial charge in [-0.15, -0.1) is 0 Å². The smallest absolute Gasteiger partial charge is 0.253 e. The zero-order valence-corrected chi connectivity index (χ0v) is 19.1. The molecule has 6 heteroatoms. The molecule has 1 aliphatic heterocycles. The van der Waals surface area contributed by atoms with Gasteiger partial charge in [0, 0.05) is 31.7 Å². The maximum Gasteiger partial charge on any atom is 0.253 e. The number of carbonyl (C=O) groups is 1. The molecule has 4 aromatic rings. The van der Waals surface area contributed by atoms with Crippen LogP contribution in [-0.2, 0) is 0 Å². The summed E-state index contributed by atoms with van der Waals surface area (Å²) >= 11 is 1.73. The highest BCUT2D eigenvalue weighted by Crippen LogP contribution is 2.32. The number of amides is 1. The van der Waals surface area contributed by atoms with Gasteiger partial charge >= 0.3 is 0 Å². The first kappa shape index (κ1) is 20.5. The number of fused-ring (bicyclic) bond motifs is 1. The van der Waals surface area contributed by atoms with Crippen LogP contribution in [0.1, 0.15) is 21.5 Å². The molecule has 1 amide bonds. The second kappa shape index (κ2) is 8.63. The number of para-hydroxylation sites is 1. The highest BCUT2D eigenvalue weighted by Gasteiger charge is 2.24. The van der Waals surface area contributed by atoms with Crippen molar-refractivity contribution >= 4 is 32.6 Å². The Bertz CT molecular complexity index is 1240. The molecule has 5 nitrogen and oxygen atoms in total. The molecule has 0 radical (unpaired) electrons. The Morgan fingerprint density at radius 2 is 1.56 bits per heavy atom. The van der Waals surface area contributed by atoms with E-state index in [1.807, 2.05) is 59.5 Å². The van der Waals surface area contributed by atoms with Gasteiger partial charge in [-0.2, -0.15) is 0 Å². The summed E-state index contributed by atoms with van der Waals surface area (Å²) in [5.41, 5.74) is 4.30. The lowest BCUT2D eigenvalue weighted by molar-refractivity contribution is 0.0747. The molecule has 0 N–H and O–H groups in total. The lowest BCUT2D eigenvalue weighted by Gasteiger charge is -2.34. The van der Waals surface area contributed by atoms with Crippen molar-refractivity contribution in [1.82, 2.24) is 9.88 Å². The average Bonchev–Trinajstić information content (AvgIpc) is 3.28. The van der Waals surface area contributed by atoms with Gasteiger partial charge in [0.15, 0.2) is 5.13 Å². The quantitative estimate of drug-likeness (QED) is 0.408. The largest absolute Gasteiger partial charge is 0.457 e. The predicted octanol–water partition coefficient (Wildman–Crippen LogP) is 5.67.